The third-order valence-corrected chi connectivity index (χ3v) is 6.93. The molecule has 0 saturated carbocycles. The Balaban J connectivity index is 2.35. The van der Waals surface area contributed by atoms with Gasteiger partial charge in [0.25, 0.3) is 0 Å². The summed E-state index contributed by atoms with van der Waals surface area (Å²) in [6.07, 6.45) is 1.57. The number of rotatable bonds is 4. The molecule has 3 rings (SSSR count). The lowest BCUT2D eigenvalue weighted by atomic mass is 10.2. The topological polar surface area (TPSA) is 37.3 Å². The van der Waals surface area contributed by atoms with E-state index in [-0.39, 0.29) is 5.75 Å². The van der Waals surface area contributed by atoms with Crippen LogP contribution in [0.15, 0.2) is 85.4 Å². The standard InChI is InChI=1S/C20H17O2P/c1-2-16-10-9-15-19(20(16)21)23(22,17-11-5-3-6-12-17)18-13-7-4-8-14-18/h2-15,21H,1H2. The van der Waals surface area contributed by atoms with E-state index in [1.54, 1.807) is 24.3 Å². The summed E-state index contributed by atoms with van der Waals surface area (Å²) in [7, 11) is -3.15. The molecule has 0 aliphatic heterocycles. The molecule has 3 heteroatoms. The van der Waals surface area contributed by atoms with Crippen LogP contribution in [0.3, 0.4) is 0 Å². The molecule has 0 fully saturated rings. The third kappa shape index (κ3) is 2.62. The predicted octanol–water partition coefficient (Wildman–Crippen LogP) is 3.67. The predicted molar refractivity (Wildman–Crippen MR) is 97.6 cm³/mol. The van der Waals surface area contributed by atoms with Crippen molar-refractivity contribution in [1.29, 1.82) is 0 Å². The lowest BCUT2D eigenvalue weighted by Crippen LogP contribution is -2.25. The maximum atomic E-state index is 14.1. The van der Waals surface area contributed by atoms with Crippen molar-refractivity contribution < 1.29 is 9.67 Å². The molecular formula is C20H17O2P. The van der Waals surface area contributed by atoms with Gasteiger partial charge >= 0.3 is 0 Å². The van der Waals surface area contributed by atoms with Crippen molar-refractivity contribution in [2.24, 2.45) is 0 Å². The first-order valence-corrected chi connectivity index (χ1v) is 9.05. The van der Waals surface area contributed by atoms with E-state index in [0.29, 0.717) is 21.5 Å². The van der Waals surface area contributed by atoms with Crippen molar-refractivity contribution in [3.8, 4) is 5.75 Å². The minimum atomic E-state index is -3.15. The van der Waals surface area contributed by atoms with Gasteiger partial charge in [0.2, 0.25) is 0 Å². The highest BCUT2D eigenvalue weighted by atomic mass is 31.2. The van der Waals surface area contributed by atoms with Crippen LogP contribution in [-0.4, -0.2) is 5.11 Å². The summed E-state index contributed by atoms with van der Waals surface area (Å²) in [6, 6.07) is 23.9. The van der Waals surface area contributed by atoms with Crippen LogP contribution in [0, 0.1) is 0 Å². The summed E-state index contributed by atoms with van der Waals surface area (Å²) < 4.78 is 14.1. The highest BCUT2D eigenvalue weighted by molar-refractivity contribution is 7.85. The molecule has 0 spiro atoms. The Morgan fingerprint density at radius 1 is 0.783 bits per heavy atom. The molecule has 0 amide bonds. The molecule has 0 atom stereocenters. The summed E-state index contributed by atoms with van der Waals surface area (Å²) in [6.45, 7) is 3.71. The van der Waals surface area contributed by atoms with Gasteiger partial charge in [-0.05, 0) is 6.07 Å². The molecule has 0 unspecified atom stereocenters. The van der Waals surface area contributed by atoms with E-state index in [0.717, 1.165) is 0 Å². The van der Waals surface area contributed by atoms with E-state index in [4.69, 9.17) is 0 Å². The average molecular weight is 320 g/mol. The van der Waals surface area contributed by atoms with Gasteiger partial charge in [0.1, 0.15) is 5.75 Å². The molecule has 0 aliphatic rings. The summed E-state index contributed by atoms with van der Waals surface area (Å²) in [4.78, 5) is 0. The molecule has 3 aromatic carbocycles. The Labute approximate surface area is 136 Å². The first-order chi connectivity index (χ1) is 11.2. The Kier molecular flexibility index (Phi) is 4.18. The second-order valence-corrected chi connectivity index (χ2v) is 7.93. The van der Waals surface area contributed by atoms with Crippen LogP contribution in [0.5, 0.6) is 5.75 Å². The van der Waals surface area contributed by atoms with Gasteiger partial charge in [-0.15, -0.1) is 0 Å². The van der Waals surface area contributed by atoms with E-state index < -0.39 is 7.14 Å². The second kappa shape index (κ2) is 6.28. The quantitative estimate of drug-likeness (QED) is 0.745. The third-order valence-electron chi connectivity index (χ3n) is 3.84. The fourth-order valence-electron chi connectivity index (χ4n) is 2.67. The lowest BCUT2D eigenvalue weighted by Gasteiger charge is -2.21. The van der Waals surface area contributed by atoms with Crippen LogP contribution < -0.4 is 15.9 Å². The molecule has 2 nitrogen and oxygen atoms in total. The Morgan fingerprint density at radius 3 is 1.78 bits per heavy atom. The number of hydrogen-bond donors (Lipinski definition) is 1. The zero-order chi connectivity index (χ0) is 16.3. The molecule has 0 radical (unpaired) electrons. The molecule has 0 aromatic heterocycles. The van der Waals surface area contributed by atoms with E-state index in [1.165, 1.54) is 0 Å². The smallest absolute Gasteiger partial charge is 0.174 e. The molecule has 0 saturated heterocycles. The minimum absolute atomic E-state index is 0.0264. The van der Waals surface area contributed by atoms with Crippen LogP contribution in [0.1, 0.15) is 5.56 Å². The first-order valence-electron chi connectivity index (χ1n) is 7.34. The van der Waals surface area contributed by atoms with E-state index in [1.807, 2.05) is 60.7 Å². The van der Waals surface area contributed by atoms with E-state index in [9.17, 15) is 9.67 Å². The van der Waals surface area contributed by atoms with Crippen molar-refractivity contribution in [2.75, 3.05) is 0 Å². The normalized spacial score (nSPS) is 11.1. The summed E-state index contributed by atoms with van der Waals surface area (Å²) in [5.41, 5.74) is 0.578. The minimum Gasteiger partial charge on any atom is -0.507 e. The van der Waals surface area contributed by atoms with E-state index >= 15 is 0 Å². The molecule has 0 heterocycles. The molecule has 114 valence electrons. The molecule has 1 N–H and O–H groups in total. The van der Waals surface area contributed by atoms with Gasteiger partial charge in [0, 0.05) is 16.2 Å². The van der Waals surface area contributed by atoms with Crippen molar-refractivity contribution in [2.45, 2.75) is 0 Å². The average Bonchev–Trinajstić information content (AvgIpc) is 2.63. The Bertz CT molecular complexity index is 827. The summed E-state index contributed by atoms with van der Waals surface area (Å²) in [5.74, 6) is 0.0264. The summed E-state index contributed by atoms with van der Waals surface area (Å²) >= 11 is 0. The zero-order valence-electron chi connectivity index (χ0n) is 12.6. The van der Waals surface area contributed by atoms with Crippen LogP contribution in [0.25, 0.3) is 6.08 Å². The second-order valence-electron chi connectivity index (χ2n) is 5.20. The van der Waals surface area contributed by atoms with E-state index in [2.05, 4.69) is 6.58 Å². The maximum Gasteiger partial charge on any atom is 0.174 e. The monoisotopic (exact) mass is 320 g/mol. The van der Waals surface area contributed by atoms with Crippen molar-refractivity contribution >= 4 is 29.1 Å². The highest BCUT2D eigenvalue weighted by Crippen LogP contribution is 2.45. The number of aromatic hydroxyl groups is 1. The van der Waals surface area contributed by atoms with Crippen LogP contribution >= 0.6 is 7.14 Å². The Morgan fingerprint density at radius 2 is 1.30 bits per heavy atom. The fraction of sp³-hybridized carbons (Fsp3) is 0. The molecule has 23 heavy (non-hydrogen) atoms. The Hall–Kier alpha value is -2.57. The number of phenols is 1. The van der Waals surface area contributed by atoms with Crippen LogP contribution in [-0.2, 0) is 4.57 Å². The fourth-order valence-corrected chi connectivity index (χ4v) is 5.43. The van der Waals surface area contributed by atoms with Gasteiger partial charge in [-0.2, -0.15) is 0 Å². The van der Waals surface area contributed by atoms with Gasteiger partial charge in [0.05, 0.1) is 5.30 Å². The highest BCUT2D eigenvalue weighted by Gasteiger charge is 2.32. The van der Waals surface area contributed by atoms with Crippen LogP contribution in [0.4, 0.5) is 0 Å². The zero-order valence-corrected chi connectivity index (χ0v) is 13.5. The first kappa shape index (κ1) is 15.3. The molecule has 0 aliphatic carbocycles. The largest absolute Gasteiger partial charge is 0.507 e. The molecule has 3 aromatic rings. The molecular weight excluding hydrogens is 303 g/mol. The SMILES string of the molecule is C=Cc1cccc(P(=O)(c2ccccc2)c2ccccc2)c1O. The number of phenolic OH excluding ortho intramolecular Hbond substituents is 1. The van der Waals surface area contributed by atoms with Gasteiger partial charge in [-0.3, -0.25) is 0 Å². The van der Waals surface area contributed by atoms with Crippen molar-refractivity contribution in [3.63, 3.8) is 0 Å². The molecule has 0 bridgehead atoms. The number of hydrogen-bond acceptors (Lipinski definition) is 2. The maximum absolute atomic E-state index is 14.1. The lowest BCUT2D eigenvalue weighted by molar-refractivity contribution is 0.478. The number of benzene rings is 3. The van der Waals surface area contributed by atoms with Gasteiger partial charge in [-0.1, -0.05) is 85.5 Å². The number of para-hydroxylation sites is 1. The van der Waals surface area contributed by atoms with Crippen LogP contribution in [0.2, 0.25) is 0 Å². The van der Waals surface area contributed by atoms with Gasteiger partial charge < -0.3 is 9.67 Å². The van der Waals surface area contributed by atoms with Gasteiger partial charge in [-0.25, -0.2) is 0 Å². The van der Waals surface area contributed by atoms with Gasteiger partial charge in [0.15, 0.2) is 7.14 Å². The van der Waals surface area contributed by atoms with Crippen molar-refractivity contribution in [3.05, 3.63) is 91.0 Å². The van der Waals surface area contributed by atoms with Crippen molar-refractivity contribution in [1.82, 2.24) is 0 Å². The summed E-state index contributed by atoms with van der Waals surface area (Å²) in [5, 5.41) is 12.4.